The number of aliphatic hydroxyl groups is 2. The monoisotopic (exact) mass is 260 g/mol. The molecule has 0 amide bonds. The van der Waals surface area contributed by atoms with E-state index in [1.807, 2.05) is 0 Å². The maximum Gasteiger partial charge on any atom is 0.216 e. The Morgan fingerprint density at radius 2 is 1.71 bits per heavy atom. The van der Waals surface area contributed by atoms with Crippen LogP contribution < -0.4 is 10.5 Å². The van der Waals surface area contributed by atoms with Gasteiger partial charge in [0.15, 0.2) is 0 Å². The van der Waals surface area contributed by atoms with Crippen molar-refractivity contribution in [2.45, 2.75) is 11.8 Å². The second kappa shape index (κ2) is 5.97. The summed E-state index contributed by atoms with van der Waals surface area (Å²) in [7, 11) is -3.58. The number of rotatable bonds is 6. The quantitative estimate of drug-likeness (QED) is 0.492. The van der Waals surface area contributed by atoms with E-state index in [1.54, 1.807) is 24.3 Å². The average molecular weight is 260 g/mol. The second-order valence-electron chi connectivity index (χ2n) is 3.68. The number of sulfonamides is 1. The number of anilines is 1. The highest BCUT2D eigenvalue weighted by molar-refractivity contribution is 7.88. The minimum atomic E-state index is -3.58. The lowest BCUT2D eigenvalue weighted by Gasteiger charge is -2.13. The molecular weight excluding hydrogens is 244 g/mol. The van der Waals surface area contributed by atoms with Gasteiger partial charge >= 0.3 is 0 Å². The Morgan fingerprint density at radius 3 is 2.18 bits per heavy atom. The van der Waals surface area contributed by atoms with Crippen LogP contribution in [-0.4, -0.2) is 37.9 Å². The van der Waals surface area contributed by atoms with Crippen molar-refractivity contribution in [1.29, 1.82) is 0 Å². The standard InChI is InChI=1S/C10H16N2O4S/c11-9-3-1-8(2-4-9)7-17(15,16)12-10(5-13)6-14/h1-4,10,12-14H,5-7,11H2. The van der Waals surface area contributed by atoms with Gasteiger partial charge in [0, 0.05) is 5.69 Å². The van der Waals surface area contributed by atoms with Crippen LogP contribution in [0.2, 0.25) is 0 Å². The van der Waals surface area contributed by atoms with Crippen LogP contribution in [0.15, 0.2) is 24.3 Å². The fraction of sp³-hybridized carbons (Fsp3) is 0.400. The first kappa shape index (κ1) is 13.9. The van der Waals surface area contributed by atoms with E-state index in [0.29, 0.717) is 11.3 Å². The molecule has 0 atom stereocenters. The van der Waals surface area contributed by atoms with E-state index >= 15 is 0 Å². The molecule has 1 aromatic carbocycles. The highest BCUT2D eigenvalue weighted by atomic mass is 32.2. The van der Waals surface area contributed by atoms with Crippen molar-refractivity contribution in [1.82, 2.24) is 4.72 Å². The lowest BCUT2D eigenvalue weighted by atomic mass is 10.2. The van der Waals surface area contributed by atoms with Crippen LogP contribution in [-0.2, 0) is 15.8 Å². The molecule has 1 rings (SSSR count). The van der Waals surface area contributed by atoms with E-state index in [1.165, 1.54) is 0 Å². The van der Waals surface area contributed by atoms with Gasteiger partial charge in [-0.05, 0) is 17.7 Å². The normalized spacial score (nSPS) is 11.9. The Labute approximate surface area is 100 Å². The van der Waals surface area contributed by atoms with Gasteiger partial charge in [-0.15, -0.1) is 0 Å². The number of hydrogen-bond acceptors (Lipinski definition) is 5. The summed E-state index contributed by atoms with van der Waals surface area (Å²) < 4.78 is 25.5. The molecule has 0 aliphatic heterocycles. The SMILES string of the molecule is Nc1ccc(CS(=O)(=O)NC(CO)CO)cc1. The van der Waals surface area contributed by atoms with Crippen LogP contribution in [0.3, 0.4) is 0 Å². The van der Waals surface area contributed by atoms with Gasteiger partial charge in [-0.3, -0.25) is 0 Å². The van der Waals surface area contributed by atoms with Crippen molar-refractivity contribution in [3.8, 4) is 0 Å². The van der Waals surface area contributed by atoms with Crippen LogP contribution in [0.1, 0.15) is 5.56 Å². The molecule has 0 aliphatic rings. The van der Waals surface area contributed by atoms with Gasteiger partial charge in [-0.1, -0.05) is 12.1 Å². The average Bonchev–Trinajstić information content (AvgIpc) is 2.29. The Bertz CT molecular complexity index is 440. The third kappa shape index (κ3) is 4.70. The smallest absolute Gasteiger partial charge is 0.216 e. The summed E-state index contributed by atoms with van der Waals surface area (Å²) >= 11 is 0. The molecule has 1 aromatic rings. The zero-order valence-corrected chi connectivity index (χ0v) is 10.0. The number of benzene rings is 1. The number of nitrogens with two attached hydrogens (primary N) is 1. The fourth-order valence-corrected chi connectivity index (χ4v) is 2.63. The molecular formula is C10H16N2O4S. The summed E-state index contributed by atoms with van der Waals surface area (Å²) in [6.07, 6.45) is 0. The molecule has 0 unspecified atom stereocenters. The van der Waals surface area contributed by atoms with E-state index < -0.39 is 29.3 Å². The zero-order valence-electron chi connectivity index (χ0n) is 9.20. The number of nitrogens with one attached hydrogen (secondary N) is 1. The highest BCUT2D eigenvalue weighted by Crippen LogP contribution is 2.08. The van der Waals surface area contributed by atoms with Crippen molar-refractivity contribution >= 4 is 15.7 Å². The largest absolute Gasteiger partial charge is 0.399 e. The summed E-state index contributed by atoms with van der Waals surface area (Å²) in [4.78, 5) is 0. The third-order valence-electron chi connectivity index (χ3n) is 2.12. The Hall–Kier alpha value is -1.15. The first-order valence-electron chi connectivity index (χ1n) is 5.03. The summed E-state index contributed by atoms with van der Waals surface area (Å²) in [5.41, 5.74) is 6.63. The molecule has 0 aliphatic carbocycles. The topological polar surface area (TPSA) is 113 Å². The van der Waals surface area contributed by atoms with Crippen LogP contribution in [0.4, 0.5) is 5.69 Å². The molecule has 0 spiro atoms. The molecule has 96 valence electrons. The number of aliphatic hydroxyl groups excluding tert-OH is 2. The molecule has 5 N–H and O–H groups in total. The van der Waals surface area contributed by atoms with Gasteiger partial charge in [0.2, 0.25) is 10.0 Å². The van der Waals surface area contributed by atoms with Gasteiger partial charge in [0.1, 0.15) is 0 Å². The van der Waals surface area contributed by atoms with Crippen LogP contribution in [0.25, 0.3) is 0 Å². The molecule has 0 bridgehead atoms. The molecule has 7 heteroatoms. The molecule has 0 radical (unpaired) electrons. The van der Waals surface area contributed by atoms with Gasteiger partial charge in [-0.25, -0.2) is 13.1 Å². The Balaban J connectivity index is 2.69. The van der Waals surface area contributed by atoms with Gasteiger partial charge in [-0.2, -0.15) is 0 Å². The van der Waals surface area contributed by atoms with Crippen molar-refractivity contribution in [3.63, 3.8) is 0 Å². The van der Waals surface area contributed by atoms with E-state index in [9.17, 15) is 8.42 Å². The van der Waals surface area contributed by atoms with Crippen molar-refractivity contribution in [3.05, 3.63) is 29.8 Å². The van der Waals surface area contributed by atoms with Crippen molar-refractivity contribution < 1.29 is 18.6 Å². The predicted molar refractivity (Wildman–Crippen MR) is 64.6 cm³/mol. The van der Waals surface area contributed by atoms with Crippen molar-refractivity contribution in [2.75, 3.05) is 18.9 Å². The minimum absolute atomic E-state index is 0.218. The number of hydrogen-bond donors (Lipinski definition) is 4. The molecule has 0 aromatic heterocycles. The molecule has 0 saturated carbocycles. The van der Waals surface area contributed by atoms with Gasteiger partial charge in [0.25, 0.3) is 0 Å². The van der Waals surface area contributed by atoms with E-state index in [0.717, 1.165) is 0 Å². The maximum absolute atomic E-state index is 11.6. The van der Waals surface area contributed by atoms with Gasteiger partial charge in [0.05, 0.1) is 25.0 Å². The maximum atomic E-state index is 11.6. The van der Waals surface area contributed by atoms with Crippen LogP contribution >= 0.6 is 0 Å². The molecule has 0 heterocycles. The molecule has 0 saturated heterocycles. The van der Waals surface area contributed by atoms with Crippen molar-refractivity contribution in [2.24, 2.45) is 0 Å². The molecule has 0 fully saturated rings. The van der Waals surface area contributed by atoms with E-state index in [-0.39, 0.29) is 5.75 Å². The zero-order chi connectivity index (χ0) is 12.9. The molecule has 6 nitrogen and oxygen atoms in total. The predicted octanol–water partition coefficient (Wildman–Crippen LogP) is -0.959. The lowest BCUT2D eigenvalue weighted by Crippen LogP contribution is -2.40. The first-order valence-corrected chi connectivity index (χ1v) is 6.68. The minimum Gasteiger partial charge on any atom is -0.399 e. The Kier molecular flexibility index (Phi) is 4.88. The van der Waals surface area contributed by atoms with E-state index in [2.05, 4.69) is 4.72 Å². The van der Waals surface area contributed by atoms with E-state index in [4.69, 9.17) is 15.9 Å². The fourth-order valence-electron chi connectivity index (χ4n) is 1.26. The Morgan fingerprint density at radius 1 is 1.18 bits per heavy atom. The van der Waals surface area contributed by atoms with Crippen LogP contribution in [0.5, 0.6) is 0 Å². The summed E-state index contributed by atoms with van der Waals surface area (Å²) in [5.74, 6) is -0.218. The summed E-state index contributed by atoms with van der Waals surface area (Å²) in [5, 5.41) is 17.6. The number of nitrogen functional groups attached to an aromatic ring is 1. The van der Waals surface area contributed by atoms with Crippen LogP contribution in [0, 0.1) is 0 Å². The third-order valence-corrected chi connectivity index (χ3v) is 3.53. The summed E-state index contributed by atoms with van der Waals surface area (Å²) in [6, 6.07) is 5.58. The summed E-state index contributed by atoms with van der Waals surface area (Å²) in [6.45, 7) is -0.894. The molecule has 17 heavy (non-hydrogen) atoms. The van der Waals surface area contributed by atoms with Gasteiger partial charge < -0.3 is 15.9 Å². The second-order valence-corrected chi connectivity index (χ2v) is 5.43. The first-order chi connectivity index (χ1) is 7.96. The highest BCUT2D eigenvalue weighted by Gasteiger charge is 2.17. The lowest BCUT2D eigenvalue weighted by molar-refractivity contribution is 0.185.